The lowest BCUT2D eigenvalue weighted by molar-refractivity contribution is 0.0970. The highest BCUT2D eigenvalue weighted by molar-refractivity contribution is 7.15. The normalized spacial score (nSPS) is 15.0. The summed E-state index contributed by atoms with van der Waals surface area (Å²) in [7, 11) is 0. The third-order valence-corrected chi connectivity index (χ3v) is 7.98. The van der Waals surface area contributed by atoms with Gasteiger partial charge in [-0.05, 0) is 67.6 Å². The fourth-order valence-corrected chi connectivity index (χ4v) is 5.50. The van der Waals surface area contributed by atoms with E-state index in [1.54, 1.807) is 4.90 Å². The average Bonchev–Trinajstić information content (AvgIpc) is 3.48. The summed E-state index contributed by atoms with van der Waals surface area (Å²) in [6.45, 7) is 8.76. The lowest BCUT2D eigenvalue weighted by Gasteiger charge is -2.22. The molecule has 2 aromatic carbocycles. The average molecular weight is 518 g/mol. The Hall–Kier alpha value is -3.52. The summed E-state index contributed by atoms with van der Waals surface area (Å²) >= 11 is 1.35. The fraction of sp³-hybridized carbons (Fsp3) is 0.379. The number of aromatic nitrogens is 2. The highest BCUT2D eigenvalue weighted by atomic mass is 32.1. The monoisotopic (exact) mass is 517 g/mol. The molecule has 8 heteroatoms. The Labute approximate surface area is 220 Å². The van der Waals surface area contributed by atoms with E-state index in [2.05, 4.69) is 17.1 Å². The Kier molecular flexibility index (Phi) is 7.11. The standard InChI is InChI=1S/C29H31N3O4S/c1-5-7-8-9-14-35-20-12-10-19(11-13-20)25-24-26(33)21-15-17(3)18(4)16-22(21)36-27(24)28(34)32(25)29-31-30-23(6-2)37-29/h10-13,15-16,25H,5-9,14H2,1-4H3. The van der Waals surface area contributed by atoms with Crippen molar-refractivity contribution in [3.63, 3.8) is 0 Å². The highest BCUT2D eigenvalue weighted by Crippen LogP contribution is 2.42. The van der Waals surface area contributed by atoms with Crippen molar-refractivity contribution in [2.45, 2.75) is 65.8 Å². The van der Waals surface area contributed by atoms with E-state index in [0.29, 0.717) is 34.7 Å². The third-order valence-electron chi connectivity index (χ3n) is 6.91. The second kappa shape index (κ2) is 10.5. The molecule has 0 bridgehead atoms. The minimum atomic E-state index is -0.666. The maximum atomic E-state index is 13.8. The molecule has 5 rings (SSSR count). The molecule has 1 aliphatic rings. The van der Waals surface area contributed by atoms with Gasteiger partial charge in [0.1, 0.15) is 16.3 Å². The van der Waals surface area contributed by atoms with Gasteiger partial charge in [-0.15, -0.1) is 10.2 Å². The first-order valence-electron chi connectivity index (χ1n) is 12.9. The van der Waals surface area contributed by atoms with Gasteiger partial charge in [0.15, 0.2) is 5.43 Å². The summed E-state index contributed by atoms with van der Waals surface area (Å²) in [5.74, 6) is 0.444. The number of hydrogen-bond acceptors (Lipinski definition) is 7. The fourth-order valence-electron chi connectivity index (χ4n) is 4.69. The van der Waals surface area contributed by atoms with Gasteiger partial charge < -0.3 is 9.15 Å². The van der Waals surface area contributed by atoms with Crippen molar-refractivity contribution in [3.8, 4) is 5.75 Å². The third kappa shape index (κ3) is 4.66. The molecule has 192 valence electrons. The molecular formula is C29H31N3O4S. The molecule has 1 amide bonds. The van der Waals surface area contributed by atoms with Crippen LogP contribution in [0.2, 0.25) is 0 Å². The smallest absolute Gasteiger partial charge is 0.297 e. The molecule has 0 N–H and O–H groups in total. The number of nitrogens with zero attached hydrogens (tertiary/aromatic N) is 3. The molecule has 0 radical (unpaired) electrons. The Morgan fingerprint density at radius 2 is 1.76 bits per heavy atom. The van der Waals surface area contributed by atoms with Crippen LogP contribution in [0.1, 0.15) is 83.4 Å². The van der Waals surface area contributed by atoms with E-state index < -0.39 is 6.04 Å². The summed E-state index contributed by atoms with van der Waals surface area (Å²) < 4.78 is 12.0. The predicted octanol–water partition coefficient (Wildman–Crippen LogP) is 6.53. The number of anilines is 1. The Balaban J connectivity index is 1.58. The first kappa shape index (κ1) is 25.1. The van der Waals surface area contributed by atoms with Crippen LogP contribution in [0.5, 0.6) is 5.75 Å². The van der Waals surface area contributed by atoms with Gasteiger partial charge >= 0.3 is 0 Å². The molecule has 37 heavy (non-hydrogen) atoms. The molecule has 3 heterocycles. The summed E-state index contributed by atoms with van der Waals surface area (Å²) in [5.41, 5.74) is 3.33. The molecule has 2 aromatic heterocycles. The van der Waals surface area contributed by atoms with Crippen LogP contribution in [0.15, 0.2) is 45.6 Å². The van der Waals surface area contributed by atoms with Crippen LogP contribution in [0.3, 0.4) is 0 Å². The van der Waals surface area contributed by atoms with E-state index in [1.165, 1.54) is 24.2 Å². The SMILES string of the molecule is CCCCCCOc1ccc(C2c3c(oc4cc(C)c(C)cc4c3=O)C(=O)N2c2nnc(CC)s2)cc1. The number of aryl methyl sites for hydroxylation is 3. The van der Waals surface area contributed by atoms with Crippen molar-refractivity contribution >= 4 is 33.3 Å². The summed E-state index contributed by atoms with van der Waals surface area (Å²) in [6.07, 6.45) is 5.26. The second-order valence-electron chi connectivity index (χ2n) is 9.49. The van der Waals surface area contributed by atoms with E-state index in [9.17, 15) is 9.59 Å². The van der Waals surface area contributed by atoms with Crippen molar-refractivity contribution < 1.29 is 13.9 Å². The molecule has 0 saturated carbocycles. The lowest BCUT2D eigenvalue weighted by Crippen LogP contribution is -2.29. The maximum absolute atomic E-state index is 13.8. The molecular weight excluding hydrogens is 486 g/mol. The number of fused-ring (bicyclic) bond motifs is 2. The molecule has 0 saturated heterocycles. The van der Waals surface area contributed by atoms with E-state index in [4.69, 9.17) is 9.15 Å². The summed E-state index contributed by atoms with van der Waals surface area (Å²) in [6, 6.07) is 10.6. The van der Waals surface area contributed by atoms with Gasteiger partial charge in [-0.1, -0.05) is 56.6 Å². The molecule has 0 spiro atoms. The highest BCUT2D eigenvalue weighted by Gasteiger charge is 2.45. The molecule has 0 aliphatic carbocycles. The van der Waals surface area contributed by atoms with Crippen LogP contribution in [0.4, 0.5) is 5.13 Å². The summed E-state index contributed by atoms with van der Waals surface area (Å²) in [5, 5.41) is 10.3. The van der Waals surface area contributed by atoms with E-state index >= 15 is 0 Å². The zero-order valence-corrected chi connectivity index (χ0v) is 22.5. The van der Waals surface area contributed by atoms with Gasteiger partial charge in [-0.2, -0.15) is 0 Å². The van der Waals surface area contributed by atoms with Gasteiger partial charge in [0, 0.05) is 0 Å². The second-order valence-corrected chi connectivity index (χ2v) is 10.5. The molecule has 7 nitrogen and oxygen atoms in total. The Morgan fingerprint density at radius 1 is 1.00 bits per heavy atom. The van der Waals surface area contributed by atoms with E-state index in [1.807, 2.05) is 57.2 Å². The van der Waals surface area contributed by atoms with Gasteiger partial charge in [-0.3, -0.25) is 14.5 Å². The number of unbranched alkanes of at least 4 members (excludes halogenated alkanes) is 3. The van der Waals surface area contributed by atoms with Crippen LogP contribution in [0.25, 0.3) is 11.0 Å². The van der Waals surface area contributed by atoms with Crippen LogP contribution in [-0.4, -0.2) is 22.7 Å². The maximum Gasteiger partial charge on any atom is 0.297 e. The first-order chi connectivity index (χ1) is 17.9. The molecule has 1 unspecified atom stereocenters. The molecule has 0 fully saturated rings. The molecule has 1 aliphatic heterocycles. The van der Waals surface area contributed by atoms with Crippen LogP contribution in [0, 0.1) is 13.8 Å². The van der Waals surface area contributed by atoms with Gasteiger partial charge in [0.25, 0.3) is 5.91 Å². The van der Waals surface area contributed by atoms with Crippen molar-refractivity contribution in [1.29, 1.82) is 0 Å². The van der Waals surface area contributed by atoms with Crippen molar-refractivity contribution in [2.24, 2.45) is 0 Å². The number of rotatable bonds is 9. The molecule has 1 atom stereocenters. The zero-order valence-electron chi connectivity index (χ0n) is 21.7. The topological polar surface area (TPSA) is 85.5 Å². The summed E-state index contributed by atoms with van der Waals surface area (Å²) in [4.78, 5) is 29.1. The minimum absolute atomic E-state index is 0.0650. The van der Waals surface area contributed by atoms with E-state index in [-0.39, 0.29) is 17.1 Å². The number of benzene rings is 2. The van der Waals surface area contributed by atoms with Crippen LogP contribution in [-0.2, 0) is 6.42 Å². The van der Waals surface area contributed by atoms with Crippen LogP contribution >= 0.6 is 11.3 Å². The number of ether oxygens (including phenoxy) is 1. The number of amides is 1. The van der Waals surface area contributed by atoms with Gasteiger partial charge in [-0.25, -0.2) is 0 Å². The predicted molar refractivity (Wildman–Crippen MR) is 146 cm³/mol. The van der Waals surface area contributed by atoms with E-state index in [0.717, 1.165) is 40.3 Å². The van der Waals surface area contributed by atoms with Crippen molar-refractivity contribution in [3.05, 3.63) is 79.6 Å². The number of carbonyl (C=O) groups excluding carboxylic acids is 1. The number of hydrogen-bond donors (Lipinski definition) is 0. The quantitative estimate of drug-likeness (QED) is 0.235. The minimum Gasteiger partial charge on any atom is -0.494 e. The van der Waals surface area contributed by atoms with Crippen molar-refractivity contribution in [1.82, 2.24) is 10.2 Å². The number of carbonyl (C=O) groups is 1. The van der Waals surface area contributed by atoms with Crippen molar-refractivity contribution in [2.75, 3.05) is 11.5 Å². The zero-order chi connectivity index (χ0) is 26.1. The Bertz CT molecular complexity index is 1510. The Morgan fingerprint density at radius 3 is 2.46 bits per heavy atom. The largest absolute Gasteiger partial charge is 0.494 e. The van der Waals surface area contributed by atoms with Gasteiger partial charge in [0.2, 0.25) is 10.9 Å². The van der Waals surface area contributed by atoms with Crippen LogP contribution < -0.4 is 15.1 Å². The molecule has 4 aromatic rings. The first-order valence-corrected chi connectivity index (χ1v) is 13.7. The lowest BCUT2D eigenvalue weighted by atomic mass is 9.97. The van der Waals surface area contributed by atoms with Gasteiger partial charge in [0.05, 0.1) is 23.6 Å².